The van der Waals surface area contributed by atoms with E-state index in [0.717, 1.165) is 56.2 Å². The maximum atomic E-state index is 12.4. The molecule has 6 nitrogen and oxygen atoms in total. The summed E-state index contributed by atoms with van der Waals surface area (Å²) in [6.07, 6.45) is 3.34. The molecule has 1 aliphatic heterocycles. The molecular formula is C21H27N5O. The summed E-state index contributed by atoms with van der Waals surface area (Å²) in [5, 5.41) is 3.30. The Hall–Kier alpha value is -2.63. The van der Waals surface area contributed by atoms with E-state index in [1.807, 2.05) is 30.0 Å². The van der Waals surface area contributed by atoms with E-state index in [1.54, 1.807) is 0 Å². The van der Waals surface area contributed by atoms with Gasteiger partial charge in [0, 0.05) is 49.5 Å². The van der Waals surface area contributed by atoms with E-state index in [4.69, 9.17) is 4.98 Å². The van der Waals surface area contributed by atoms with Gasteiger partial charge in [0.1, 0.15) is 5.82 Å². The van der Waals surface area contributed by atoms with Gasteiger partial charge in [0.25, 0.3) is 0 Å². The summed E-state index contributed by atoms with van der Waals surface area (Å²) in [5.74, 6) is 2.17. The highest BCUT2D eigenvalue weighted by atomic mass is 16.2. The van der Waals surface area contributed by atoms with Crippen molar-refractivity contribution in [3.63, 3.8) is 0 Å². The number of rotatable bonds is 4. The fourth-order valence-corrected chi connectivity index (χ4v) is 3.61. The minimum atomic E-state index is 0.281. The van der Waals surface area contributed by atoms with Crippen LogP contribution in [0.1, 0.15) is 30.5 Å². The van der Waals surface area contributed by atoms with E-state index >= 15 is 0 Å². The van der Waals surface area contributed by atoms with Gasteiger partial charge in [-0.15, -0.1) is 0 Å². The molecule has 27 heavy (non-hydrogen) atoms. The zero-order valence-corrected chi connectivity index (χ0v) is 16.1. The van der Waals surface area contributed by atoms with Crippen LogP contribution in [0.3, 0.4) is 0 Å². The third kappa shape index (κ3) is 4.04. The number of aromatic nitrogens is 2. The molecule has 1 saturated heterocycles. The van der Waals surface area contributed by atoms with Crippen LogP contribution in [0.15, 0.2) is 30.3 Å². The molecule has 0 radical (unpaired) electrons. The zero-order valence-electron chi connectivity index (χ0n) is 16.1. The van der Waals surface area contributed by atoms with Crippen LogP contribution in [0, 0.1) is 19.8 Å². The molecule has 0 spiro atoms. The maximum Gasteiger partial charge on any atom is 0.229 e. The molecule has 2 aromatic rings. The molecule has 0 bridgehead atoms. The number of carbonyl (C=O) groups excluding carboxylic acids is 1. The highest BCUT2D eigenvalue weighted by Gasteiger charge is 2.31. The first-order valence-electron chi connectivity index (χ1n) is 9.81. The van der Waals surface area contributed by atoms with Crippen LogP contribution in [-0.4, -0.2) is 47.0 Å². The van der Waals surface area contributed by atoms with Gasteiger partial charge in [-0.1, -0.05) is 24.1 Å². The van der Waals surface area contributed by atoms with Crippen molar-refractivity contribution in [1.82, 2.24) is 14.9 Å². The van der Waals surface area contributed by atoms with Crippen molar-refractivity contribution in [3.8, 4) is 0 Å². The normalized spacial score (nSPS) is 17.6. The van der Waals surface area contributed by atoms with Gasteiger partial charge in [0.2, 0.25) is 11.9 Å². The molecule has 1 aromatic carbocycles. The molecule has 2 aliphatic rings. The molecule has 2 heterocycles. The van der Waals surface area contributed by atoms with Crippen molar-refractivity contribution in [1.29, 1.82) is 0 Å². The Morgan fingerprint density at radius 2 is 1.74 bits per heavy atom. The molecular weight excluding hydrogens is 338 g/mol. The minimum Gasteiger partial charge on any atom is -0.353 e. The molecule has 4 rings (SSSR count). The van der Waals surface area contributed by atoms with Crippen molar-refractivity contribution in [2.45, 2.75) is 33.1 Å². The second-order valence-electron chi connectivity index (χ2n) is 7.62. The number of aryl methyl sites for hydroxylation is 2. The lowest BCUT2D eigenvalue weighted by atomic mass is 9.84. The quantitative estimate of drug-likeness (QED) is 0.901. The van der Waals surface area contributed by atoms with E-state index in [9.17, 15) is 4.79 Å². The van der Waals surface area contributed by atoms with E-state index in [2.05, 4.69) is 34.3 Å². The summed E-state index contributed by atoms with van der Waals surface area (Å²) >= 11 is 0. The Kier molecular flexibility index (Phi) is 4.97. The number of nitrogens with one attached hydrogen (secondary N) is 1. The molecule has 1 N–H and O–H groups in total. The van der Waals surface area contributed by atoms with Crippen LogP contribution in [0.5, 0.6) is 0 Å². The van der Waals surface area contributed by atoms with Crippen LogP contribution < -0.4 is 10.2 Å². The van der Waals surface area contributed by atoms with Gasteiger partial charge in [0.05, 0.1) is 0 Å². The third-order valence-electron chi connectivity index (χ3n) is 5.52. The SMILES string of the molecule is Cc1ccc(Nc2nc(C)cc(N3CCN(C(=O)C4CCC4)CC3)n2)cc1. The third-order valence-corrected chi connectivity index (χ3v) is 5.52. The molecule has 6 heteroatoms. The monoisotopic (exact) mass is 365 g/mol. The molecule has 142 valence electrons. The highest BCUT2D eigenvalue weighted by molar-refractivity contribution is 5.79. The lowest BCUT2D eigenvalue weighted by molar-refractivity contribution is -0.138. The lowest BCUT2D eigenvalue weighted by Crippen LogP contribution is -2.51. The average molecular weight is 365 g/mol. The number of benzene rings is 1. The van der Waals surface area contributed by atoms with Crippen LogP contribution in [0.25, 0.3) is 0 Å². The van der Waals surface area contributed by atoms with Crippen molar-refractivity contribution in [2.24, 2.45) is 5.92 Å². The standard InChI is InChI=1S/C21H27N5O/c1-15-6-8-18(9-7-15)23-21-22-16(2)14-19(24-21)25-10-12-26(13-11-25)20(27)17-4-3-5-17/h6-9,14,17H,3-5,10-13H2,1-2H3,(H,22,23,24). The fourth-order valence-electron chi connectivity index (χ4n) is 3.61. The fraction of sp³-hybridized carbons (Fsp3) is 0.476. The number of amides is 1. The Balaban J connectivity index is 1.42. The van der Waals surface area contributed by atoms with Gasteiger partial charge < -0.3 is 15.1 Å². The summed E-state index contributed by atoms with van der Waals surface area (Å²) in [6, 6.07) is 10.2. The van der Waals surface area contributed by atoms with E-state index in [0.29, 0.717) is 11.9 Å². The molecule has 0 unspecified atom stereocenters. The van der Waals surface area contributed by atoms with Crippen LogP contribution in [0.4, 0.5) is 17.5 Å². The molecule has 0 atom stereocenters. The van der Waals surface area contributed by atoms with Gasteiger partial charge in [-0.3, -0.25) is 4.79 Å². The van der Waals surface area contributed by atoms with Crippen LogP contribution in [-0.2, 0) is 4.79 Å². The lowest BCUT2D eigenvalue weighted by Gasteiger charge is -2.38. The van der Waals surface area contributed by atoms with Gasteiger partial charge >= 0.3 is 0 Å². The smallest absolute Gasteiger partial charge is 0.229 e. The van der Waals surface area contributed by atoms with Gasteiger partial charge in [-0.25, -0.2) is 4.98 Å². The van der Waals surface area contributed by atoms with Crippen molar-refractivity contribution >= 4 is 23.4 Å². The zero-order chi connectivity index (χ0) is 18.8. The molecule has 2 fully saturated rings. The van der Waals surface area contributed by atoms with Crippen LogP contribution in [0.2, 0.25) is 0 Å². The number of carbonyl (C=O) groups is 1. The Bertz CT molecular complexity index is 808. The van der Waals surface area contributed by atoms with Gasteiger partial charge in [0.15, 0.2) is 0 Å². The summed E-state index contributed by atoms with van der Waals surface area (Å²) in [5.41, 5.74) is 3.14. The number of nitrogens with zero attached hydrogens (tertiary/aromatic N) is 4. The topological polar surface area (TPSA) is 61.4 Å². The predicted octanol–water partition coefficient (Wildman–Crippen LogP) is 3.29. The summed E-state index contributed by atoms with van der Waals surface area (Å²) in [7, 11) is 0. The Labute approximate surface area is 160 Å². The first kappa shape index (κ1) is 17.8. The second-order valence-corrected chi connectivity index (χ2v) is 7.62. The summed E-state index contributed by atoms with van der Waals surface area (Å²) in [4.78, 5) is 25.9. The number of piperazine rings is 1. The largest absolute Gasteiger partial charge is 0.353 e. The summed E-state index contributed by atoms with van der Waals surface area (Å²) < 4.78 is 0. The predicted molar refractivity (Wildman–Crippen MR) is 107 cm³/mol. The van der Waals surface area contributed by atoms with E-state index in [1.165, 1.54) is 12.0 Å². The molecule has 1 amide bonds. The van der Waals surface area contributed by atoms with Crippen LogP contribution >= 0.6 is 0 Å². The maximum absolute atomic E-state index is 12.4. The minimum absolute atomic E-state index is 0.281. The number of anilines is 3. The summed E-state index contributed by atoms with van der Waals surface area (Å²) in [6.45, 7) is 7.25. The van der Waals surface area contributed by atoms with Crippen molar-refractivity contribution in [3.05, 3.63) is 41.6 Å². The Morgan fingerprint density at radius 1 is 1.04 bits per heavy atom. The van der Waals surface area contributed by atoms with Gasteiger partial charge in [-0.05, 0) is 38.8 Å². The molecule has 1 aliphatic carbocycles. The average Bonchev–Trinajstić information content (AvgIpc) is 2.62. The highest BCUT2D eigenvalue weighted by Crippen LogP contribution is 2.29. The second kappa shape index (κ2) is 7.55. The first-order valence-corrected chi connectivity index (χ1v) is 9.81. The molecule has 1 saturated carbocycles. The van der Waals surface area contributed by atoms with E-state index < -0.39 is 0 Å². The first-order chi connectivity index (χ1) is 13.1. The molecule has 1 aromatic heterocycles. The van der Waals surface area contributed by atoms with Crippen molar-refractivity contribution in [2.75, 3.05) is 36.4 Å². The van der Waals surface area contributed by atoms with Crippen molar-refractivity contribution < 1.29 is 4.79 Å². The number of hydrogen-bond acceptors (Lipinski definition) is 5. The van der Waals surface area contributed by atoms with E-state index in [-0.39, 0.29) is 5.92 Å². The Morgan fingerprint density at radius 3 is 2.37 bits per heavy atom. The van der Waals surface area contributed by atoms with Gasteiger partial charge in [-0.2, -0.15) is 4.98 Å². The number of hydrogen-bond donors (Lipinski definition) is 1.